The van der Waals surface area contributed by atoms with Gasteiger partial charge >= 0.3 is 0 Å². The Morgan fingerprint density at radius 2 is 2.06 bits per heavy atom. The van der Waals surface area contributed by atoms with E-state index in [1.165, 1.54) is 6.07 Å². The number of hydrogen-bond acceptors (Lipinski definition) is 4. The summed E-state index contributed by atoms with van der Waals surface area (Å²) in [5.74, 6) is -0.291. The van der Waals surface area contributed by atoms with E-state index < -0.39 is 5.82 Å². The molecule has 4 nitrogen and oxygen atoms in total. The molecule has 4 N–H and O–H groups in total. The van der Waals surface area contributed by atoms with E-state index in [9.17, 15) is 4.39 Å². The van der Waals surface area contributed by atoms with Crippen molar-refractivity contribution in [2.45, 2.75) is 39.4 Å². The number of rotatable bonds is 6. The van der Waals surface area contributed by atoms with Gasteiger partial charge in [0.15, 0.2) is 11.6 Å². The molecule has 0 saturated carbocycles. The summed E-state index contributed by atoms with van der Waals surface area (Å²) in [6.45, 7) is 5.93. The van der Waals surface area contributed by atoms with Crippen molar-refractivity contribution in [3.05, 3.63) is 17.9 Å². The van der Waals surface area contributed by atoms with Crippen molar-refractivity contribution in [2.24, 2.45) is 0 Å². The van der Waals surface area contributed by atoms with Gasteiger partial charge in [0.05, 0.1) is 23.6 Å². The molecule has 0 bridgehead atoms. The van der Waals surface area contributed by atoms with Crippen molar-refractivity contribution in [3.63, 3.8) is 0 Å². The molecule has 1 rings (SSSR count). The smallest absolute Gasteiger partial charge is 0.167 e. The molecule has 1 aromatic rings. The lowest BCUT2D eigenvalue weighted by atomic mass is 10.2. The molecule has 0 aliphatic carbocycles. The van der Waals surface area contributed by atoms with Crippen LogP contribution in [-0.4, -0.2) is 23.9 Å². The minimum atomic E-state index is -0.470. The molecule has 5 heteroatoms. The Balaban J connectivity index is 2.77. The molecule has 0 spiro atoms. The lowest BCUT2D eigenvalue weighted by Crippen LogP contribution is -2.12. The van der Waals surface area contributed by atoms with Gasteiger partial charge in [-0.3, -0.25) is 0 Å². The molecule has 102 valence electrons. The number of hydrogen-bond donors (Lipinski definition) is 3. The van der Waals surface area contributed by atoms with Crippen LogP contribution in [0.15, 0.2) is 12.1 Å². The maximum absolute atomic E-state index is 13.6. The SMILES string of the molecule is CC(O)CCNc1cc(OC(C)C)c(F)cc1N. The van der Waals surface area contributed by atoms with E-state index in [-0.39, 0.29) is 18.0 Å². The normalized spacial score (nSPS) is 12.6. The molecule has 0 aliphatic rings. The first-order chi connectivity index (χ1) is 8.40. The van der Waals surface area contributed by atoms with Gasteiger partial charge in [0, 0.05) is 18.7 Å². The Labute approximate surface area is 107 Å². The number of halogens is 1. The van der Waals surface area contributed by atoms with E-state index in [1.807, 2.05) is 13.8 Å². The van der Waals surface area contributed by atoms with Gasteiger partial charge in [0.25, 0.3) is 0 Å². The van der Waals surface area contributed by atoms with Gasteiger partial charge in [-0.2, -0.15) is 0 Å². The van der Waals surface area contributed by atoms with Gasteiger partial charge in [0.1, 0.15) is 0 Å². The standard InChI is InChI=1S/C13H21FN2O2/c1-8(2)18-13-7-12(11(15)6-10(13)14)16-5-4-9(3)17/h6-9,16-17H,4-5,15H2,1-3H3. The third-order valence-corrected chi connectivity index (χ3v) is 2.34. The predicted molar refractivity (Wildman–Crippen MR) is 71.4 cm³/mol. The van der Waals surface area contributed by atoms with Crippen molar-refractivity contribution in [1.82, 2.24) is 0 Å². The van der Waals surface area contributed by atoms with Crippen LogP contribution in [0.5, 0.6) is 5.75 Å². The first-order valence-electron chi connectivity index (χ1n) is 6.07. The Morgan fingerprint density at radius 3 is 2.61 bits per heavy atom. The molecule has 0 amide bonds. The summed E-state index contributed by atoms with van der Waals surface area (Å²) in [6.07, 6.45) is 0.107. The molecule has 0 aromatic heterocycles. The van der Waals surface area contributed by atoms with Crippen molar-refractivity contribution < 1.29 is 14.2 Å². The summed E-state index contributed by atoms with van der Waals surface area (Å²) in [6, 6.07) is 2.79. The van der Waals surface area contributed by atoms with Crippen LogP contribution in [0.3, 0.4) is 0 Å². The van der Waals surface area contributed by atoms with Crippen LogP contribution in [-0.2, 0) is 0 Å². The van der Waals surface area contributed by atoms with E-state index >= 15 is 0 Å². The first kappa shape index (κ1) is 14.6. The highest BCUT2D eigenvalue weighted by Gasteiger charge is 2.10. The van der Waals surface area contributed by atoms with Gasteiger partial charge in [0.2, 0.25) is 0 Å². The number of aliphatic hydroxyl groups excluding tert-OH is 1. The molecule has 0 heterocycles. The quantitative estimate of drug-likeness (QED) is 0.684. The number of nitrogens with two attached hydrogens (primary N) is 1. The largest absolute Gasteiger partial charge is 0.488 e. The third-order valence-electron chi connectivity index (χ3n) is 2.34. The van der Waals surface area contributed by atoms with Crippen LogP contribution >= 0.6 is 0 Å². The minimum Gasteiger partial charge on any atom is -0.488 e. The third kappa shape index (κ3) is 4.41. The molecular formula is C13H21FN2O2. The molecule has 18 heavy (non-hydrogen) atoms. The second-order valence-corrected chi connectivity index (χ2v) is 4.60. The lowest BCUT2D eigenvalue weighted by Gasteiger charge is -2.15. The van der Waals surface area contributed by atoms with E-state index in [0.717, 1.165) is 0 Å². The number of aliphatic hydroxyl groups is 1. The minimum absolute atomic E-state index is 0.103. The Kier molecular flexibility index (Phi) is 5.22. The summed E-state index contributed by atoms with van der Waals surface area (Å²) < 4.78 is 18.9. The summed E-state index contributed by atoms with van der Waals surface area (Å²) in [5, 5.41) is 12.2. The second kappa shape index (κ2) is 6.44. The van der Waals surface area contributed by atoms with Crippen LogP contribution in [0, 0.1) is 5.82 Å². The summed E-state index contributed by atoms with van der Waals surface area (Å²) in [4.78, 5) is 0. The molecule has 1 unspecified atom stereocenters. The summed E-state index contributed by atoms with van der Waals surface area (Å²) >= 11 is 0. The lowest BCUT2D eigenvalue weighted by molar-refractivity contribution is 0.189. The van der Waals surface area contributed by atoms with Crippen LogP contribution < -0.4 is 15.8 Å². The van der Waals surface area contributed by atoms with Crippen molar-refractivity contribution in [2.75, 3.05) is 17.6 Å². The van der Waals surface area contributed by atoms with Gasteiger partial charge in [-0.15, -0.1) is 0 Å². The van der Waals surface area contributed by atoms with Crippen molar-refractivity contribution in [3.8, 4) is 5.75 Å². The highest BCUT2D eigenvalue weighted by Crippen LogP contribution is 2.28. The molecule has 0 fully saturated rings. The van der Waals surface area contributed by atoms with Crippen LogP contribution in [0.4, 0.5) is 15.8 Å². The predicted octanol–water partition coefficient (Wildman–Crippen LogP) is 2.38. The topological polar surface area (TPSA) is 67.5 Å². The number of nitrogens with one attached hydrogen (secondary N) is 1. The number of anilines is 2. The Morgan fingerprint density at radius 1 is 1.39 bits per heavy atom. The van der Waals surface area contributed by atoms with E-state index in [0.29, 0.717) is 24.3 Å². The van der Waals surface area contributed by atoms with Gasteiger partial charge in [-0.05, 0) is 27.2 Å². The van der Waals surface area contributed by atoms with Crippen LogP contribution in [0.1, 0.15) is 27.2 Å². The second-order valence-electron chi connectivity index (χ2n) is 4.60. The van der Waals surface area contributed by atoms with Gasteiger partial charge in [-0.25, -0.2) is 4.39 Å². The number of ether oxygens (including phenoxy) is 1. The van der Waals surface area contributed by atoms with Crippen molar-refractivity contribution in [1.29, 1.82) is 0 Å². The molecule has 0 saturated heterocycles. The fourth-order valence-corrected chi connectivity index (χ4v) is 1.48. The Bertz CT molecular complexity index is 395. The fraction of sp³-hybridized carbons (Fsp3) is 0.538. The average molecular weight is 256 g/mol. The maximum Gasteiger partial charge on any atom is 0.167 e. The molecular weight excluding hydrogens is 235 g/mol. The number of benzene rings is 1. The summed E-state index contributed by atoms with van der Waals surface area (Å²) in [5.41, 5.74) is 6.66. The zero-order valence-electron chi connectivity index (χ0n) is 11.0. The first-order valence-corrected chi connectivity index (χ1v) is 6.07. The average Bonchev–Trinajstić information content (AvgIpc) is 2.23. The zero-order chi connectivity index (χ0) is 13.7. The fourth-order valence-electron chi connectivity index (χ4n) is 1.48. The maximum atomic E-state index is 13.6. The summed E-state index contributed by atoms with van der Waals surface area (Å²) in [7, 11) is 0. The van der Waals surface area contributed by atoms with Crippen LogP contribution in [0.2, 0.25) is 0 Å². The van der Waals surface area contributed by atoms with E-state index in [1.54, 1.807) is 13.0 Å². The molecule has 0 aliphatic heterocycles. The highest BCUT2D eigenvalue weighted by molar-refractivity contribution is 5.68. The van der Waals surface area contributed by atoms with E-state index in [4.69, 9.17) is 15.6 Å². The van der Waals surface area contributed by atoms with Crippen LogP contribution in [0.25, 0.3) is 0 Å². The monoisotopic (exact) mass is 256 g/mol. The zero-order valence-corrected chi connectivity index (χ0v) is 11.0. The van der Waals surface area contributed by atoms with Crippen molar-refractivity contribution >= 4 is 11.4 Å². The van der Waals surface area contributed by atoms with Gasteiger partial charge < -0.3 is 20.9 Å². The van der Waals surface area contributed by atoms with E-state index in [2.05, 4.69) is 5.32 Å². The molecule has 1 aromatic carbocycles. The Hall–Kier alpha value is -1.49. The van der Waals surface area contributed by atoms with Gasteiger partial charge in [-0.1, -0.05) is 0 Å². The molecule has 1 atom stereocenters. The number of nitrogen functional groups attached to an aromatic ring is 1. The molecule has 0 radical (unpaired) electrons. The highest BCUT2D eigenvalue weighted by atomic mass is 19.1.